The zero-order valence-corrected chi connectivity index (χ0v) is 17.5. The number of H-pyrrole nitrogens is 1. The average molecular weight is 466 g/mol. The summed E-state index contributed by atoms with van der Waals surface area (Å²) in [4.78, 5) is 26.0. The minimum Gasteiger partial charge on any atom is -0.486 e. The molecule has 0 aliphatic rings. The molecule has 0 aliphatic heterocycles. The van der Waals surface area contributed by atoms with Crippen molar-refractivity contribution in [3.05, 3.63) is 95.3 Å². The third-order valence-electron chi connectivity index (χ3n) is 4.80. The van der Waals surface area contributed by atoms with E-state index in [9.17, 15) is 22.8 Å². The Morgan fingerprint density at radius 2 is 1.74 bits per heavy atom. The van der Waals surface area contributed by atoms with Gasteiger partial charge in [0.05, 0.1) is 5.56 Å². The highest BCUT2D eigenvalue weighted by Gasteiger charge is 2.30. The van der Waals surface area contributed by atoms with E-state index in [0.29, 0.717) is 40.3 Å². The number of carbonyl (C=O) groups is 2. The summed E-state index contributed by atoms with van der Waals surface area (Å²) in [5.74, 6) is 0.515. The minimum atomic E-state index is -4.45. The molecule has 0 unspecified atom stereocenters. The Labute approximate surface area is 191 Å². The summed E-state index contributed by atoms with van der Waals surface area (Å²) < 4.78 is 43.8. The van der Waals surface area contributed by atoms with Crippen LogP contribution in [0.25, 0.3) is 11.4 Å². The van der Waals surface area contributed by atoms with Gasteiger partial charge in [0.1, 0.15) is 18.6 Å². The number of aromatic amines is 1. The number of amides is 1. The molecular weight excluding hydrogens is 449 g/mol. The molecule has 0 atom stereocenters. The van der Waals surface area contributed by atoms with Gasteiger partial charge in [-0.2, -0.15) is 13.2 Å². The van der Waals surface area contributed by atoms with Gasteiger partial charge in [-0.15, -0.1) is 10.2 Å². The second-order valence-electron chi connectivity index (χ2n) is 7.21. The largest absolute Gasteiger partial charge is 0.486 e. The maximum atomic E-state index is 12.8. The smallest absolute Gasteiger partial charge is 0.416 e. The number of nitrogens with one attached hydrogen (secondary N) is 2. The van der Waals surface area contributed by atoms with Crippen LogP contribution in [0.3, 0.4) is 0 Å². The SMILES string of the molecule is O=Cc1ccc(C(=O)Nc2ccc(-c3nnc(COc4cccc(C(F)(F)F)c4)[nH]3)cc2)cc1. The van der Waals surface area contributed by atoms with Gasteiger partial charge in [0, 0.05) is 22.4 Å². The third kappa shape index (κ3) is 5.47. The zero-order valence-electron chi connectivity index (χ0n) is 17.5. The first kappa shape index (κ1) is 22.7. The predicted molar refractivity (Wildman–Crippen MR) is 117 cm³/mol. The van der Waals surface area contributed by atoms with E-state index in [1.165, 1.54) is 12.1 Å². The van der Waals surface area contributed by atoms with Gasteiger partial charge >= 0.3 is 6.18 Å². The lowest BCUT2D eigenvalue weighted by molar-refractivity contribution is -0.137. The molecule has 172 valence electrons. The maximum absolute atomic E-state index is 12.8. The molecule has 34 heavy (non-hydrogen) atoms. The van der Waals surface area contributed by atoms with Crippen molar-refractivity contribution in [2.75, 3.05) is 5.32 Å². The van der Waals surface area contributed by atoms with E-state index in [-0.39, 0.29) is 18.3 Å². The molecule has 7 nitrogen and oxygen atoms in total. The highest BCUT2D eigenvalue weighted by Crippen LogP contribution is 2.31. The molecule has 0 bridgehead atoms. The number of hydrogen-bond acceptors (Lipinski definition) is 5. The number of aromatic nitrogens is 3. The molecule has 4 rings (SSSR count). The van der Waals surface area contributed by atoms with Crippen molar-refractivity contribution in [3.8, 4) is 17.1 Å². The Kier molecular flexibility index (Phi) is 6.39. The molecule has 0 spiro atoms. The Morgan fingerprint density at radius 1 is 1.00 bits per heavy atom. The molecule has 1 heterocycles. The van der Waals surface area contributed by atoms with Gasteiger partial charge in [0.25, 0.3) is 5.91 Å². The Morgan fingerprint density at radius 3 is 2.41 bits per heavy atom. The molecular formula is C24H17F3N4O3. The fourth-order valence-electron chi connectivity index (χ4n) is 3.03. The summed E-state index contributed by atoms with van der Waals surface area (Å²) in [6, 6.07) is 17.6. The molecule has 1 amide bonds. The number of halogens is 3. The van der Waals surface area contributed by atoms with Crippen LogP contribution in [0.1, 0.15) is 32.1 Å². The Bertz CT molecular complexity index is 1300. The van der Waals surface area contributed by atoms with Crippen LogP contribution in [-0.2, 0) is 12.8 Å². The monoisotopic (exact) mass is 466 g/mol. The average Bonchev–Trinajstić information content (AvgIpc) is 3.32. The third-order valence-corrected chi connectivity index (χ3v) is 4.80. The summed E-state index contributed by atoms with van der Waals surface area (Å²) in [5, 5.41) is 10.7. The van der Waals surface area contributed by atoms with Gasteiger partial charge in [-0.1, -0.05) is 18.2 Å². The van der Waals surface area contributed by atoms with Crippen LogP contribution >= 0.6 is 0 Å². The van der Waals surface area contributed by atoms with Crippen LogP contribution in [0.15, 0.2) is 72.8 Å². The van der Waals surface area contributed by atoms with Gasteiger partial charge in [0.15, 0.2) is 11.6 Å². The minimum absolute atomic E-state index is 0.0636. The number of alkyl halides is 3. The van der Waals surface area contributed by atoms with E-state index in [1.54, 1.807) is 48.5 Å². The van der Waals surface area contributed by atoms with Crippen LogP contribution in [-0.4, -0.2) is 27.4 Å². The van der Waals surface area contributed by atoms with Crippen molar-refractivity contribution in [1.82, 2.24) is 15.2 Å². The summed E-state index contributed by atoms with van der Waals surface area (Å²) in [6.45, 7) is -0.0919. The number of carbonyl (C=O) groups excluding carboxylic acids is 2. The number of anilines is 1. The summed E-state index contributed by atoms with van der Waals surface area (Å²) in [5.41, 5.74) is 1.34. The molecule has 4 aromatic rings. The van der Waals surface area contributed by atoms with Crippen LogP contribution in [0.5, 0.6) is 5.75 Å². The van der Waals surface area contributed by atoms with E-state index in [1.807, 2.05) is 0 Å². The molecule has 0 radical (unpaired) electrons. The van der Waals surface area contributed by atoms with Crippen molar-refractivity contribution in [1.29, 1.82) is 0 Å². The number of nitrogens with zero attached hydrogens (tertiary/aromatic N) is 2. The van der Waals surface area contributed by atoms with E-state index in [2.05, 4.69) is 20.5 Å². The van der Waals surface area contributed by atoms with Gasteiger partial charge in [-0.3, -0.25) is 9.59 Å². The zero-order chi connectivity index (χ0) is 24.1. The first-order chi connectivity index (χ1) is 16.3. The highest BCUT2D eigenvalue weighted by atomic mass is 19.4. The quantitative estimate of drug-likeness (QED) is 0.368. The highest BCUT2D eigenvalue weighted by molar-refractivity contribution is 6.04. The fraction of sp³-hybridized carbons (Fsp3) is 0.0833. The molecule has 2 N–H and O–H groups in total. The first-order valence-electron chi connectivity index (χ1n) is 10.0. The first-order valence-corrected chi connectivity index (χ1v) is 10.0. The van der Waals surface area contributed by atoms with Crippen LogP contribution < -0.4 is 10.1 Å². The summed E-state index contributed by atoms with van der Waals surface area (Å²) in [6.07, 6.45) is -3.75. The molecule has 1 aromatic heterocycles. The van der Waals surface area contributed by atoms with Crippen LogP contribution in [0, 0.1) is 0 Å². The number of aldehydes is 1. The number of rotatable bonds is 7. The molecule has 0 saturated heterocycles. The number of hydrogen-bond donors (Lipinski definition) is 2. The van der Waals surface area contributed by atoms with E-state index in [0.717, 1.165) is 12.1 Å². The maximum Gasteiger partial charge on any atom is 0.416 e. The summed E-state index contributed by atoms with van der Waals surface area (Å²) >= 11 is 0. The number of ether oxygens (including phenoxy) is 1. The molecule has 0 fully saturated rings. The Balaban J connectivity index is 1.37. The lowest BCUT2D eigenvalue weighted by Gasteiger charge is -2.09. The second-order valence-corrected chi connectivity index (χ2v) is 7.21. The van der Waals surface area contributed by atoms with Crippen LogP contribution in [0.2, 0.25) is 0 Å². The van der Waals surface area contributed by atoms with Gasteiger partial charge < -0.3 is 15.0 Å². The second kappa shape index (κ2) is 9.57. The van der Waals surface area contributed by atoms with E-state index in [4.69, 9.17) is 4.74 Å². The van der Waals surface area contributed by atoms with Gasteiger partial charge in [-0.25, -0.2) is 0 Å². The molecule has 10 heteroatoms. The number of benzene rings is 3. The van der Waals surface area contributed by atoms with Crippen molar-refractivity contribution < 1.29 is 27.5 Å². The molecule has 0 aliphatic carbocycles. The topological polar surface area (TPSA) is 97.0 Å². The van der Waals surface area contributed by atoms with Crippen molar-refractivity contribution in [3.63, 3.8) is 0 Å². The van der Waals surface area contributed by atoms with Crippen LogP contribution in [0.4, 0.5) is 18.9 Å². The lowest BCUT2D eigenvalue weighted by Crippen LogP contribution is -2.11. The van der Waals surface area contributed by atoms with Gasteiger partial charge in [0.2, 0.25) is 0 Å². The fourth-order valence-corrected chi connectivity index (χ4v) is 3.03. The summed E-state index contributed by atoms with van der Waals surface area (Å²) in [7, 11) is 0. The Hall–Kier alpha value is -4.47. The van der Waals surface area contributed by atoms with Crippen molar-refractivity contribution in [2.24, 2.45) is 0 Å². The van der Waals surface area contributed by atoms with E-state index < -0.39 is 11.7 Å². The van der Waals surface area contributed by atoms with Crippen molar-refractivity contribution in [2.45, 2.75) is 12.8 Å². The molecule has 0 saturated carbocycles. The normalized spacial score (nSPS) is 11.1. The predicted octanol–water partition coefficient (Wildman–Crippen LogP) is 5.13. The van der Waals surface area contributed by atoms with Crippen molar-refractivity contribution >= 4 is 17.9 Å². The lowest BCUT2D eigenvalue weighted by atomic mass is 10.1. The van der Waals surface area contributed by atoms with E-state index >= 15 is 0 Å². The standard InChI is InChI=1S/C24H17F3N4O3/c25-24(26,27)18-2-1-3-20(12-18)34-14-21-29-22(31-30-21)16-8-10-19(11-9-16)28-23(33)17-6-4-15(13-32)5-7-17/h1-13H,14H2,(H,28,33)(H,29,30,31). The van der Waals surface area contributed by atoms with Gasteiger partial charge in [-0.05, 0) is 54.6 Å². The molecule has 3 aromatic carbocycles.